The van der Waals surface area contributed by atoms with Gasteiger partial charge in [0.1, 0.15) is 11.5 Å². The molecule has 0 saturated heterocycles. The van der Waals surface area contributed by atoms with E-state index in [9.17, 15) is 19.5 Å². The minimum atomic E-state index is -1.25. The standard InChI is InChI=1S/C17H24N2O5/c1-17(2,3)24-16(23)18-11-10-13(15(21)22)14(20)19(4)12-8-6-5-7-9-12/h5-9,13H,10-11H2,1-4H3,(H,18,23)(H,21,22). The molecule has 1 atom stereocenters. The van der Waals surface area contributed by atoms with E-state index in [0.29, 0.717) is 5.69 Å². The van der Waals surface area contributed by atoms with Gasteiger partial charge >= 0.3 is 12.1 Å². The van der Waals surface area contributed by atoms with Crippen molar-refractivity contribution in [2.24, 2.45) is 5.92 Å². The molecular formula is C17H24N2O5. The van der Waals surface area contributed by atoms with Gasteiger partial charge in [0.2, 0.25) is 5.91 Å². The maximum atomic E-state index is 12.4. The van der Waals surface area contributed by atoms with Gasteiger partial charge in [0, 0.05) is 19.3 Å². The Kier molecular flexibility index (Phi) is 6.76. The maximum Gasteiger partial charge on any atom is 0.407 e. The predicted octanol–water partition coefficient (Wildman–Crippen LogP) is 2.26. The van der Waals surface area contributed by atoms with Crippen molar-refractivity contribution in [1.82, 2.24) is 5.32 Å². The molecule has 2 amide bonds. The summed E-state index contributed by atoms with van der Waals surface area (Å²) in [5.74, 6) is -3.02. The van der Waals surface area contributed by atoms with Crippen molar-refractivity contribution in [3.05, 3.63) is 30.3 Å². The highest BCUT2D eigenvalue weighted by atomic mass is 16.6. The largest absolute Gasteiger partial charge is 0.481 e. The van der Waals surface area contributed by atoms with E-state index in [1.807, 2.05) is 0 Å². The molecule has 1 rings (SSSR count). The zero-order chi connectivity index (χ0) is 18.3. The molecule has 0 aliphatic rings. The fourth-order valence-electron chi connectivity index (χ4n) is 2.00. The average molecular weight is 336 g/mol. The molecule has 0 aromatic heterocycles. The monoisotopic (exact) mass is 336 g/mol. The summed E-state index contributed by atoms with van der Waals surface area (Å²) >= 11 is 0. The molecule has 1 aromatic rings. The number of hydrogen-bond acceptors (Lipinski definition) is 4. The number of anilines is 1. The van der Waals surface area contributed by atoms with Crippen LogP contribution in [-0.4, -0.2) is 42.3 Å². The first-order valence-electron chi connectivity index (χ1n) is 7.64. The normalized spacial score (nSPS) is 12.2. The maximum absolute atomic E-state index is 12.4. The molecule has 1 unspecified atom stereocenters. The molecule has 0 fully saturated rings. The van der Waals surface area contributed by atoms with Crippen LogP contribution in [0.15, 0.2) is 30.3 Å². The van der Waals surface area contributed by atoms with Gasteiger partial charge in [0.05, 0.1) is 0 Å². The van der Waals surface area contributed by atoms with Gasteiger partial charge < -0.3 is 20.1 Å². The third-order valence-corrected chi connectivity index (χ3v) is 3.17. The number of nitrogens with one attached hydrogen (secondary N) is 1. The number of amides is 2. The molecule has 0 aliphatic heterocycles. The van der Waals surface area contributed by atoms with E-state index in [2.05, 4.69) is 5.32 Å². The van der Waals surface area contributed by atoms with Crippen molar-refractivity contribution in [2.75, 3.05) is 18.5 Å². The summed E-state index contributed by atoms with van der Waals surface area (Å²) in [7, 11) is 1.52. The summed E-state index contributed by atoms with van der Waals surface area (Å²) in [5, 5.41) is 11.8. The second kappa shape index (κ2) is 8.33. The molecule has 0 heterocycles. The molecular weight excluding hydrogens is 312 g/mol. The molecule has 2 N–H and O–H groups in total. The lowest BCUT2D eigenvalue weighted by Gasteiger charge is -2.22. The SMILES string of the molecule is CN(C(=O)C(CCNC(=O)OC(C)(C)C)C(=O)O)c1ccccc1. The van der Waals surface area contributed by atoms with E-state index in [0.717, 1.165) is 0 Å². The Morgan fingerprint density at radius 2 is 1.79 bits per heavy atom. The molecule has 0 saturated carbocycles. The lowest BCUT2D eigenvalue weighted by molar-refractivity contribution is -0.146. The van der Waals surface area contributed by atoms with Gasteiger partial charge in [-0.15, -0.1) is 0 Å². The van der Waals surface area contributed by atoms with Gasteiger partial charge in [0.25, 0.3) is 0 Å². The number of nitrogens with zero attached hydrogens (tertiary/aromatic N) is 1. The Labute approximate surface area is 141 Å². The summed E-state index contributed by atoms with van der Waals surface area (Å²) in [6.07, 6.45) is -0.666. The van der Waals surface area contributed by atoms with Gasteiger partial charge in [-0.3, -0.25) is 9.59 Å². The van der Waals surface area contributed by atoms with Gasteiger partial charge in [-0.05, 0) is 39.3 Å². The van der Waals surface area contributed by atoms with Crippen molar-refractivity contribution in [3.63, 3.8) is 0 Å². The van der Waals surface area contributed by atoms with Crippen LogP contribution in [0.25, 0.3) is 0 Å². The third kappa shape index (κ3) is 6.28. The summed E-state index contributed by atoms with van der Waals surface area (Å²) in [4.78, 5) is 36.6. The first kappa shape index (κ1) is 19.5. The van der Waals surface area contributed by atoms with Crippen LogP contribution in [-0.2, 0) is 14.3 Å². The van der Waals surface area contributed by atoms with Crippen LogP contribution in [0, 0.1) is 5.92 Å². The Balaban J connectivity index is 2.62. The predicted molar refractivity (Wildman–Crippen MR) is 89.8 cm³/mol. The summed E-state index contributed by atoms with van der Waals surface area (Å²) in [5.41, 5.74) is -0.0338. The van der Waals surface area contributed by atoms with Crippen LogP contribution < -0.4 is 10.2 Å². The Morgan fingerprint density at radius 3 is 2.29 bits per heavy atom. The Hall–Kier alpha value is -2.57. The van der Waals surface area contributed by atoms with Gasteiger partial charge in [-0.1, -0.05) is 18.2 Å². The molecule has 132 valence electrons. The van der Waals surface area contributed by atoms with E-state index < -0.39 is 29.5 Å². The van der Waals surface area contributed by atoms with Gasteiger partial charge in [0.15, 0.2) is 0 Å². The lowest BCUT2D eigenvalue weighted by atomic mass is 10.0. The van der Waals surface area contributed by atoms with Crippen LogP contribution >= 0.6 is 0 Å². The highest BCUT2D eigenvalue weighted by Crippen LogP contribution is 2.16. The molecule has 0 bridgehead atoms. The number of ether oxygens (including phenoxy) is 1. The number of carbonyl (C=O) groups is 3. The van der Waals surface area contributed by atoms with Crippen molar-refractivity contribution in [1.29, 1.82) is 0 Å². The number of carboxylic acids is 1. The molecule has 24 heavy (non-hydrogen) atoms. The number of carbonyl (C=O) groups excluding carboxylic acids is 2. The van der Waals surface area contributed by atoms with Crippen molar-refractivity contribution in [3.8, 4) is 0 Å². The van der Waals surface area contributed by atoms with Crippen LogP contribution in [0.4, 0.5) is 10.5 Å². The van der Waals surface area contributed by atoms with E-state index in [-0.39, 0.29) is 13.0 Å². The molecule has 0 aliphatic carbocycles. The van der Waals surface area contributed by atoms with E-state index >= 15 is 0 Å². The lowest BCUT2D eigenvalue weighted by Crippen LogP contribution is -2.40. The fourth-order valence-corrected chi connectivity index (χ4v) is 2.00. The molecule has 1 aromatic carbocycles. The summed E-state index contributed by atoms with van der Waals surface area (Å²) < 4.78 is 5.06. The number of rotatable bonds is 6. The smallest absolute Gasteiger partial charge is 0.407 e. The van der Waals surface area contributed by atoms with Crippen molar-refractivity contribution < 1.29 is 24.2 Å². The topological polar surface area (TPSA) is 95.9 Å². The first-order valence-corrected chi connectivity index (χ1v) is 7.64. The van der Waals surface area contributed by atoms with E-state index in [4.69, 9.17) is 4.74 Å². The molecule has 7 nitrogen and oxygen atoms in total. The zero-order valence-electron chi connectivity index (χ0n) is 14.4. The van der Waals surface area contributed by atoms with E-state index in [1.165, 1.54) is 11.9 Å². The highest BCUT2D eigenvalue weighted by Gasteiger charge is 2.29. The molecule has 0 radical (unpaired) electrons. The van der Waals surface area contributed by atoms with E-state index in [1.54, 1.807) is 51.1 Å². The Bertz CT molecular complexity index is 580. The second-order valence-corrected chi connectivity index (χ2v) is 6.34. The summed E-state index contributed by atoms with van der Waals surface area (Å²) in [6, 6.07) is 8.77. The number of para-hydroxylation sites is 1. The van der Waals surface area contributed by atoms with Crippen molar-refractivity contribution >= 4 is 23.7 Å². The van der Waals surface area contributed by atoms with Crippen LogP contribution in [0.3, 0.4) is 0 Å². The first-order chi connectivity index (χ1) is 11.1. The number of aliphatic carboxylic acids is 1. The third-order valence-electron chi connectivity index (χ3n) is 3.17. The van der Waals surface area contributed by atoms with Crippen LogP contribution in [0.5, 0.6) is 0 Å². The molecule has 0 spiro atoms. The number of alkyl carbamates (subject to hydrolysis) is 1. The zero-order valence-corrected chi connectivity index (χ0v) is 14.4. The number of benzene rings is 1. The van der Waals surface area contributed by atoms with Crippen LogP contribution in [0.1, 0.15) is 27.2 Å². The quantitative estimate of drug-likeness (QED) is 0.777. The fraction of sp³-hybridized carbons (Fsp3) is 0.471. The number of hydrogen-bond donors (Lipinski definition) is 2. The highest BCUT2D eigenvalue weighted by molar-refractivity contribution is 6.05. The minimum Gasteiger partial charge on any atom is -0.481 e. The van der Waals surface area contributed by atoms with Crippen LogP contribution in [0.2, 0.25) is 0 Å². The second-order valence-electron chi connectivity index (χ2n) is 6.34. The average Bonchev–Trinajstić information content (AvgIpc) is 2.49. The molecule has 7 heteroatoms. The Morgan fingerprint density at radius 1 is 1.21 bits per heavy atom. The van der Waals surface area contributed by atoms with Gasteiger partial charge in [-0.2, -0.15) is 0 Å². The van der Waals surface area contributed by atoms with Crippen molar-refractivity contribution in [2.45, 2.75) is 32.8 Å². The number of carboxylic acid groups (broad SMARTS) is 1. The minimum absolute atomic E-state index is 0.0232. The summed E-state index contributed by atoms with van der Waals surface area (Å²) in [6.45, 7) is 5.21. The van der Waals surface area contributed by atoms with Gasteiger partial charge in [-0.25, -0.2) is 4.79 Å².